The van der Waals surface area contributed by atoms with E-state index in [1.54, 1.807) is 14.2 Å². The van der Waals surface area contributed by atoms with Crippen molar-refractivity contribution < 1.29 is 14.3 Å². The van der Waals surface area contributed by atoms with Gasteiger partial charge in [0.25, 0.3) is 0 Å². The van der Waals surface area contributed by atoms with E-state index in [4.69, 9.17) is 15.2 Å². The second-order valence-corrected chi connectivity index (χ2v) is 6.31. The first-order valence-corrected chi connectivity index (χ1v) is 8.74. The van der Waals surface area contributed by atoms with Crippen molar-refractivity contribution in [2.75, 3.05) is 26.1 Å². The van der Waals surface area contributed by atoms with Crippen LogP contribution in [0.15, 0.2) is 47.5 Å². The lowest BCUT2D eigenvalue weighted by atomic mass is 9.90. The Balaban J connectivity index is 1.61. The molecule has 1 aliphatic heterocycles. The van der Waals surface area contributed by atoms with E-state index in [1.165, 1.54) is 0 Å². The van der Waals surface area contributed by atoms with Crippen LogP contribution in [0.3, 0.4) is 0 Å². The molecule has 0 aromatic heterocycles. The monoisotopic (exact) mass is 368 g/mol. The normalized spacial score (nSPS) is 16.3. The summed E-state index contributed by atoms with van der Waals surface area (Å²) >= 11 is 0. The number of amides is 1. The van der Waals surface area contributed by atoms with Crippen molar-refractivity contribution in [3.05, 3.63) is 53.6 Å². The summed E-state index contributed by atoms with van der Waals surface area (Å²) in [6, 6.07) is 13.4. The molecular weight excluding hydrogens is 344 g/mol. The van der Waals surface area contributed by atoms with E-state index in [0.29, 0.717) is 37.0 Å². The lowest BCUT2D eigenvalue weighted by molar-refractivity contribution is -0.116. The molecule has 0 fully saturated rings. The molecule has 1 amide bonds. The second kappa shape index (κ2) is 8.44. The number of carbonyl (C=O) groups excluding carboxylic acids is 1. The predicted molar refractivity (Wildman–Crippen MR) is 105 cm³/mol. The third kappa shape index (κ3) is 4.49. The van der Waals surface area contributed by atoms with Crippen molar-refractivity contribution in [1.82, 2.24) is 5.32 Å². The van der Waals surface area contributed by atoms with E-state index in [1.807, 2.05) is 42.5 Å². The summed E-state index contributed by atoms with van der Waals surface area (Å²) < 4.78 is 10.5. The third-order valence-electron chi connectivity index (χ3n) is 4.52. The predicted octanol–water partition coefficient (Wildman–Crippen LogP) is 2.23. The van der Waals surface area contributed by atoms with Crippen LogP contribution < -0.4 is 25.8 Å². The molecule has 1 aliphatic rings. The molecule has 0 spiro atoms. The van der Waals surface area contributed by atoms with Gasteiger partial charge in [0, 0.05) is 24.6 Å². The fourth-order valence-electron chi connectivity index (χ4n) is 3.12. The first-order chi connectivity index (χ1) is 13.1. The lowest BCUT2D eigenvalue weighted by Gasteiger charge is -2.25. The number of fused-ring (bicyclic) bond motifs is 1. The number of nitrogens with two attached hydrogens (primary N) is 1. The maximum atomic E-state index is 11.9. The molecule has 3 rings (SSSR count). The molecule has 7 nitrogen and oxygen atoms in total. The zero-order valence-corrected chi connectivity index (χ0v) is 15.5. The molecule has 1 heterocycles. The highest BCUT2D eigenvalue weighted by Gasteiger charge is 2.24. The zero-order valence-electron chi connectivity index (χ0n) is 15.5. The standard InChI is InChI=1S/C20H24N4O3/c1-26-17-8-7-13(9-18(17)27-2)11-22-20(21)23-12-14-10-19(25)24-16-6-4-3-5-15(14)16/h3-9,14H,10-12H2,1-2H3,(H,24,25)(H3,21,22,23). The van der Waals surface area contributed by atoms with Crippen LogP contribution in [0.4, 0.5) is 5.69 Å². The Labute approximate surface area is 158 Å². The van der Waals surface area contributed by atoms with Crippen LogP contribution in [0.2, 0.25) is 0 Å². The third-order valence-corrected chi connectivity index (χ3v) is 4.52. The Morgan fingerprint density at radius 2 is 2.00 bits per heavy atom. The summed E-state index contributed by atoms with van der Waals surface area (Å²) in [5.41, 5.74) is 8.93. The summed E-state index contributed by atoms with van der Waals surface area (Å²) in [4.78, 5) is 16.3. The number of guanidine groups is 1. The average molecular weight is 368 g/mol. The number of nitrogens with zero attached hydrogens (tertiary/aromatic N) is 1. The highest BCUT2D eigenvalue weighted by molar-refractivity contribution is 5.94. The highest BCUT2D eigenvalue weighted by atomic mass is 16.5. The number of benzene rings is 2. The van der Waals surface area contributed by atoms with Gasteiger partial charge in [-0.05, 0) is 29.3 Å². The fourth-order valence-corrected chi connectivity index (χ4v) is 3.12. The smallest absolute Gasteiger partial charge is 0.225 e. The van der Waals surface area contributed by atoms with E-state index >= 15 is 0 Å². The molecule has 142 valence electrons. The maximum absolute atomic E-state index is 11.9. The summed E-state index contributed by atoms with van der Waals surface area (Å²) in [5, 5.41) is 6.02. The van der Waals surface area contributed by atoms with Gasteiger partial charge in [0.1, 0.15) is 0 Å². The van der Waals surface area contributed by atoms with Gasteiger partial charge in [-0.2, -0.15) is 0 Å². The molecule has 0 saturated carbocycles. The van der Waals surface area contributed by atoms with Crippen LogP contribution in [0.25, 0.3) is 0 Å². The minimum atomic E-state index is 0.0151. The Kier molecular flexibility index (Phi) is 5.80. The van der Waals surface area contributed by atoms with Crippen molar-refractivity contribution in [3.8, 4) is 11.5 Å². The zero-order chi connectivity index (χ0) is 19.2. The number of hydrogen-bond donors (Lipinski definition) is 3. The van der Waals surface area contributed by atoms with Gasteiger partial charge in [0.2, 0.25) is 5.91 Å². The molecule has 0 aliphatic carbocycles. The Morgan fingerprint density at radius 3 is 2.78 bits per heavy atom. The van der Waals surface area contributed by atoms with Gasteiger partial charge in [-0.25, -0.2) is 4.99 Å². The largest absolute Gasteiger partial charge is 0.493 e. The molecule has 2 aromatic rings. The number of anilines is 1. The number of rotatable bonds is 6. The fraction of sp³-hybridized carbons (Fsp3) is 0.300. The number of ether oxygens (including phenoxy) is 2. The summed E-state index contributed by atoms with van der Waals surface area (Å²) in [6.45, 7) is 0.965. The van der Waals surface area contributed by atoms with Crippen LogP contribution >= 0.6 is 0 Å². The van der Waals surface area contributed by atoms with Gasteiger partial charge in [-0.15, -0.1) is 0 Å². The number of para-hydroxylation sites is 1. The van der Waals surface area contributed by atoms with Gasteiger partial charge < -0.3 is 25.8 Å². The molecule has 4 N–H and O–H groups in total. The number of aliphatic imine (C=N–C) groups is 1. The first kappa shape index (κ1) is 18.6. The van der Waals surface area contributed by atoms with Gasteiger partial charge in [-0.1, -0.05) is 24.3 Å². The Hall–Kier alpha value is -3.22. The van der Waals surface area contributed by atoms with Gasteiger partial charge in [-0.3, -0.25) is 4.79 Å². The van der Waals surface area contributed by atoms with Crippen LogP contribution in [-0.4, -0.2) is 32.6 Å². The van der Waals surface area contributed by atoms with Crippen molar-refractivity contribution in [3.63, 3.8) is 0 Å². The molecule has 7 heteroatoms. The average Bonchev–Trinajstić information content (AvgIpc) is 2.70. The number of carbonyl (C=O) groups is 1. The second-order valence-electron chi connectivity index (χ2n) is 6.31. The van der Waals surface area contributed by atoms with E-state index in [2.05, 4.69) is 15.6 Å². The van der Waals surface area contributed by atoms with E-state index in [-0.39, 0.29) is 11.8 Å². The Morgan fingerprint density at radius 1 is 1.22 bits per heavy atom. The van der Waals surface area contributed by atoms with Crippen LogP contribution in [0, 0.1) is 0 Å². The highest BCUT2D eigenvalue weighted by Crippen LogP contribution is 2.31. The molecule has 1 unspecified atom stereocenters. The van der Waals surface area contributed by atoms with Crippen LogP contribution in [-0.2, 0) is 11.3 Å². The Bertz CT molecular complexity index is 851. The number of methoxy groups -OCH3 is 2. The van der Waals surface area contributed by atoms with E-state index < -0.39 is 0 Å². The summed E-state index contributed by atoms with van der Waals surface area (Å²) in [5.74, 6) is 1.74. The van der Waals surface area contributed by atoms with Crippen molar-refractivity contribution >= 4 is 17.6 Å². The summed E-state index contributed by atoms with van der Waals surface area (Å²) in [6.07, 6.45) is 0.424. The topological polar surface area (TPSA) is 98.0 Å². The first-order valence-electron chi connectivity index (χ1n) is 8.74. The number of hydrogen-bond acceptors (Lipinski definition) is 4. The molecule has 0 saturated heterocycles. The van der Waals surface area contributed by atoms with E-state index in [0.717, 1.165) is 16.8 Å². The van der Waals surface area contributed by atoms with Crippen LogP contribution in [0.1, 0.15) is 23.5 Å². The molecular formula is C20H24N4O3. The molecule has 0 bridgehead atoms. The van der Waals surface area contributed by atoms with E-state index in [9.17, 15) is 4.79 Å². The van der Waals surface area contributed by atoms with Gasteiger partial charge >= 0.3 is 0 Å². The van der Waals surface area contributed by atoms with Gasteiger partial charge in [0.15, 0.2) is 17.5 Å². The molecule has 27 heavy (non-hydrogen) atoms. The maximum Gasteiger partial charge on any atom is 0.225 e. The SMILES string of the molecule is COc1ccc(CN=C(N)NCC2CC(=O)Nc3ccccc32)cc1OC. The van der Waals surface area contributed by atoms with Gasteiger partial charge in [0.05, 0.1) is 20.8 Å². The van der Waals surface area contributed by atoms with Crippen LogP contribution in [0.5, 0.6) is 11.5 Å². The quantitative estimate of drug-likeness (QED) is 0.537. The van der Waals surface area contributed by atoms with Crippen molar-refractivity contribution in [1.29, 1.82) is 0 Å². The molecule has 1 atom stereocenters. The van der Waals surface area contributed by atoms with Crippen molar-refractivity contribution in [2.45, 2.75) is 18.9 Å². The van der Waals surface area contributed by atoms with Crippen molar-refractivity contribution in [2.24, 2.45) is 10.7 Å². The number of nitrogens with one attached hydrogen (secondary N) is 2. The molecule has 2 aromatic carbocycles. The minimum absolute atomic E-state index is 0.0151. The summed E-state index contributed by atoms with van der Waals surface area (Å²) in [7, 11) is 3.19. The lowest BCUT2D eigenvalue weighted by Crippen LogP contribution is -2.37. The minimum Gasteiger partial charge on any atom is -0.493 e. The molecule has 0 radical (unpaired) electrons.